The molecule has 0 aliphatic carbocycles. The molecule has 1 N–H and O–H groups in total. The van der Waals surface area contributed by atoms with E-state index in [1.807, 2.05) is 41.5 Å². The van der Waals surface area contributed by atoms with Gasteiger partial charge in [-0.15, -0.1) is 0 Å². The van der Waals surface area contributed by atoms with Crippen LogP contribution in [0.25, 0.3) is 0 Å². The van der Waals surface area contributed by atoms with Crippen LogP contribution in [-0.4, -0.2) is 11.4 Å². The molecule has 0 aromatic heterocycles. The first-order chi connectivity index (χ1) is 6.68. The highest BCUT2D eigenvalue weighted by Crippen LogP contribution is 1.79. The zero-order chi connectivity index (χ0) is 12.6. The van der Waals surface area contributed by atoms with E-state index in [9.17, 15) is 0 Å². The largest absolute Gasteiger partial charge is 0.304 e. The minimum absolute atomic E-state index is 0.491. The third-order valence-corrected chi connectivity index (χ3v) is 0.828. The fraction of sp³-hybridized carbons (Fsp3) is 0.667. The highest BCUT2D eigenvalue weighted by atomic mass is 14.7. The van der Waals surface area contributed by atoms with Crippen molar-refractivity contribution in [1.29, 1.82) is 5.41 Å². The summed E-state index contributed by atoms with van der Waals surface area (Å²) in [4.78, 5) is 3.78. The molecule has 86 valence electrons. The van der Waals surface area contributed by atoms with E-state index < -0.39 is 0 Å². The van der Waals surface area contributed by atoms with Crippen molar-refractivity contribution in [2.75, 3.05) is 0 Å². The zero-order valence-corrected chi connectivity index (χ0v) is 11.2. The summed E-state index contributed by atoms with van der Waals surface area (Å²) in [6.07, 6.45) is 1.44. The van der Waals surface area contributed by atoms with Gasteiger partial charge in [-0.25, -0.2) is 0 Å². The van der Waals surface area contributed by atoms with Crippen molar-refractivity contribution in [3.05, 3.63) is 12.8 Å². The maximum atomic E-state index is 7.03. The van der Waals surface area contributed by atoms with Gasteiger partial charge in [-0.3, -0.25) is 4.99 Å². The fourth-order valence-electron chi connectivity index (χ4n) is 0.234. The summed E-state index contributed by atoms with van der Waals surface area (Å²) in [5.74, 6) is 0. The topological polar surface area (TPSA) is 36.2 Å². The first kappa shape index (κ1) is 23.2. The minimum Gasteiger partial charge on any atom is -0.304 e. The van der Waals surface area contributed by atoms with Crippen molar-refractivity contribution in [2.24, 2.45) is 4.99 Å². The lowest BCUT2D eigenvalue weighted by atomic mass is 10.3. The van der Waals surface area contributed by atoms with E-state index in [-0.39, 0.29) is 0 Å². The smallest absolute Gasteiger partial charge is 0.0576 e. The molecule has 2 nitrogen and oxygen atoms in total. The molecule has 14 heavy (non-hydrogen) atoms. The molecule has 2 heteroatoms. The predicted molar refractivity (Wildman–Crippen MR) is 70.8 cm³/mol. The van der Waals surface area contributed by atoms with Crippen LogP contribution in [0.1, 0.15) is 55.4 Å². The third-order valence-electron chi connectivity index (χ3n) is 0.828. The summed E-state index contributed by atoms with van der Waals surface area (Å²) in [5, 5.41) is 7.03. The van der Waals surface area contributed by atoms with Gasteiger partial charge in [0, 0.05) is 11.9 Å². The third kappa shape index (κ3) is 30.5. The highest BCUT2D eigenvalue weighted by Gasteiger charge is 1.87. The quantitative estimate of drug-likeness (QED) is 0.627. The van der Waals surface area contributed by atoms with Gasteiger partial charge in [-0.1, -0.05) is 48.1 Å². The molecule has 0 radical (unpaired) electrons. The van der Waals surface area contributed by atoms with Gasteiger partial charge in [0.05, 0.1) is 5.71 Å². The van der Waals surface area contributed by atoms with E-state index in [2.05, 4.69) is 11.6 Å². The lowest BCUT2D eigenvalue weighted by Gasteiger charge is -1.89. The standard InChI is InChI=1S/C6H10N2.3C2H6/c1-4-8-6(3)5(2)7;3*1-2/h4,7H,1H2,2-3H3;3*1-2H3. The van der Waals surface area contributed by atoms with E-state index in [1.54, 1.807) is 13.8 Å². The summed E-state index contributed by atoms with van der Waals surface area (Å²) in [6, 6.07) is 0. The van der Waals surface area contributed by atoms with Crippen LogP contribution >= 0.6 is 0 Å². The second kappa shape index (κ2) is 29.6. The summed E-state index contributed by atoms with van der Waals surface area (Å²) < 4.78 is 0. The van der Waals surface area contributed by atoms with Crippen LogP contribution in [0.2, 0.25) is 0 Å². The molecule has 0 rings (SSSR count). The number of hydrogen-bond donors (Lipinski definition) is 1. The molecule has 0 saturated carbocycles. The Kier molecular flexibility index (Phi) is 48.9. The minimum atomic E-state index is 0.491. The first-order valence-electron chi connectivity index (χ1n) is 5.39. The Bertz CT molecular complexity index is 135. The average molecular weight is 200 g/mol. The van der Waals surface area contributed by atoms with Crippen LogP contribution in [0.15, 0.2) is 17.8 Å². The Morgan fingerprint density at radius 1 is 1.00 bits per heavy atom. The maximum Gasteiger partial charge on any atom is 0.0576 e. The Morgan fingerprint density at radius 2 is 1.29 bits per heavy atom. The van der Waals surface area contributed by atoms with Crippen LogP contribution in [0, 0.1) is 5.41 Å². The number of rotatable bonds is 2. The van der Waals surface area contributed by atoms with Gasteiger partial charge in [-0.2, -0.15) is 0 Å². The molecule has 0 spiro atoms. The molecule has 0 unspecified atom stereocenters. The number of aliphatic imine (C=N–C) groups is 1. The fourth-order valence-corrected chi connectivity index (χ4v) is 0.234. The van der Waals surface area contributed by atoms with Crippen LogP contribution in [0.4, 0.5) is 0 Å². The molecule has 0 bridgehead atoms. The van der Waals surface area contributed by atoms with E-state index in [1.165, 1.54) is 6.20 Å². The summed E-state index contributed by atoms with van der Waals surface area (Å²) in [5.41, 5.74) is 1.21. The molecule has 0 amide bonds. The predicted octanol–water partition coefficient (Wildman–Crippen LogP) is 4.71. The molecular formula is C12H28N2. The molecule has 0 aliphatic heterocycles. The molecular weight excluding hydrogens is 172 g/mol. The molecule has 0 saturated heterocycles. The summed E-state index contributed by atoms with van der Waals surface area (Å²) in [7, 11) is 0. The van der Waals surface area contributed by atoms with Crippen molar-refractivity contribution in [3.63, 3.8) is 0 Å². The second-order valence-corrected chi connectivity index (χ2v) is 1.52. The molecule has 0 atom stereocenters. The highest BCUT2D eigenvalue weighted by molar-refractivity contribution is 6.39. The normalized spacial score (nSPS) is 7.57. The van der Waals surface area contributed by atoms with E-state index in [4.69, 9.17) is 5.41 Å². The first-order valence-corrected chi connectivity index (χ1v) is 5.39. The number of hydrogen-bond acceptors (Lipinski definition) is 2. The van der Waals surface area contributed by atoms with Crippen molar-refractivity contribution >= 4 is 11.4 Å². The monoisotopic (exact) mass is 200 g/mol. The van der Waals surface area contributed by atoms with Gasteiger partial charge in [0.2, 0.25) is 0 Å². The lowest BCUT2D eigenvalue weighted by molar-refractivity contribution is 1.48. The zero-order valence-electron chi connectivity index (χ0n) is 11.2. The van der Waals surface area contributed by atoms with Crippen LogP contribution in [-0.2, 0) is 0 Å². The Morgan fingerprint density at radius 3 is 1.36 bits per heavy atom. The molecule has 0 heterocycles. The van der Waals surface area contributed by atoms with Crippen LogP contribution < -0.4 is 0 Å². The Hall–Kier alpha value is -0.920. The van der Waals surface area contributed by atoms with Crippen LogP contribution in [0.3, 0.4) is 0 Å². The Balaban J connectivity index is -0.0000000708. The van der Waals surface area contributed by atoms with E-state index in [0.717, 1.165) is 5.71 Å². The van der Waals surface area contributed by atoms with E-state index >= 15 is 0 Å². The second-order valence-electron chi connectivity index (χ2n) is 1.52. The van der Waals surface area contributed by atoms with Gasteiger partial charge in [0.1, 0.15) is 0 Å². The summed E-state index contributed by atoms with van der Waals surface area (Å²) >= 11 is 0. The number of nitrogens with one attached hydrogen (secondary N) is 1. The van der Waals surface area contributed by atoms with Crippen molar-refractivity contribution < 1.29 is 0 Å². The van der Waals surface area contributed by atoms with Crippen molar-refractivity contribution in [3.8, 4) is 0 Å². The molecule has 0 aliphatic rings. The summed E-state index contributed by atoms with van der Waals surface area (Å²) in [6.45, 7) is 18.9. The van der Waals surface area contributed by atoms with Gasteiger partial charge in [0.15, 0.2) is 0 Å². The van der Waals surface area contributed by atoms with Crippen molar-refractivity contribution in [1.82, 2.24) is 0 Å². The van der Waals surface area contributed by atoms with Crippen LogP contribution in [0.5, 0.6) is 0 Å². The molecule has 0 aromatic rings. The maximum absolute atomic E-state index is 7.03. The lowest BCUT2D eigenvalue weighted by Crippen LogP contribution is -2.01. The van der Waals surface area contributed by atoms with Gasteiger partial charge in [0.25, 0.3) is 0 Å². The van der Waals surface area contributed by atoms with Crippen molar-refractivity contribution in [2.45, 2.75) is 55.4 Å². The average Bonchev–Trinajstić information content (AvgIpc) is 2.27. The van der Waals surface area contributed by atoms with Gasteiger partial charge < -0.3 is 5.41 Å². The van der Waals surface area contributed by atoms with E-state index in [0.29, 0.717) is 5.71 Å². The SMILES string of the molecule is C=CN=C(C)C(C)=N.CC.CC.CC. The Labute approximate surface area is 90.7 Å². The number of nitrogens with zero attached hydrogens (tertiary/aromatic N) is 1. The molecule has 0 fully saturated rings. The molecule has 0 aromatic carbocycles. The van der Waals surface area contributed by atoms with Gasteiger partial charge in [-0.05, 0) is 13.8 Å². The van der Waals surface area contributed by atoms with Gasteiger partial charge >= 0.3 is 0 Å².